The number of nitrogens with zero attached hydrogens (tertiary/aromatic N) is 3. The highest BCUT2D eigenvalue weighted by Gasteiger charge is 2.18. The summed E-state index contributed by atoms with van der Waals surface area (Å²) in [5, 5.41) is 13.3. The van der Waals surface area contributed by atoms with Crippen LogP contribution in [0.3, 0.4) is 0 Å². The molecule has 4 aromatic rings. The minimum absolute atomic E-state index is 0.197. The Kier molecular flexibility index (Phi) is 5.66. The predicted octanol–water partition coefficient (Wildman–Crippen LogP) is 4.14. The summed E-state index contributed by atoms with van der Waals surface area (Å²) in [7, 11) is 0. The van der Waals surface area contributed by atoms with Crippen LogP contribution in [0.15, 0.2) is 71.8 Å². The molecule has 31 heavy (non-hydrogen) atoms. The highest BCUT2D eigenvalue weighted by atomic mass is 16.5. The lowest BCUT2D eigenvalue weighted by atomic mass is 9.99. The van der Waals surface area contributed by atoms with Gasteiger partial charge in [0.25, 0.3) is 6.01 Å². The van der Waals surface area contributed by atoms with Crippen LogP contribution in [0.2, 0.25) is 0 Å². The Hall–Kier alpha value is -4.13. The zero-order valence-electron chi connectivity index (χ0n) is 17.0. The van der Waals surface area contributed by atoms with Crippen molar-refractivity contribution in [1.82, 2.24) is 9.55 Å². The minimum atomic E-state index is -0.997. The summed E-state index contributed by atoms with van der Waals surface area (Å²) in [5.41, 5.74) is 5.33. The number of carbonyl (C=O) groups is 1. The van der Waals surface area contributed by atoms with Crippen molar-refractivity contribution in [2.75, 3.05) is 6.61 Å². The first-order chi connectivity index (χ1) is 15.1. The molecule has 7 heteroatoms. The van der Waals surface area contributed by atoms with Crippen LogP contribution in [0, 0.1) is 0 Å². The van der Waals surface area contributed by atoms with Crippen molar-refractivity contribution in [2.24, 2.45) is 10.9 Å². The number of imidazole rings is 1. The maximum absolute atomic E-state index is 11.8. The molecule has 1 aromatic heterocycles. The molecule has 156 valence electrons. The van der Waals surface area contributed by atoms with Gasteiger partial charge in [0.2, 0.25) is 0 Å². The first kappa shape index (κ1) is 20.2. The van der Waals surface area contributed by atoms with Gasteiger partial charge in [-0.25, -0.2) is 4.79 Å². The molecular formula is C24H22N4O3. The van der Waals surface area contributed by atoms with E-state index in [-0.39, 0.29) is 5.56 Å². The van der Waals surface area contributed by atoms with Gasteiger partial charge in [0.1, 0.15) is 0 Å². The predicted molar refractivity (Wildman–Crippen MR) is 121 cm³/mol. The molecule has 0 amide bonds. The Morgan fingerprint density at radius 3 is 2.61 bits per heavy atom. The van der Waals surface area contributed by atoms with E-state index in [1.54, 1.807) is 24.4 Å². The number of rotatable bonds is 7. The molecule has 3 N–H and O–H groups in total. The SMILES string of the molecule is CCOc1nc2cccc(C(=O)O)c2n1Cc1ccc(-c2ccccc2C=NN)cc1. The van der Waals surface area contributed by atoms with Crippen LogP contribution < -0.4 is 10.6 Å². The fourth-order valence-electron chi connectivity index (χ4n) is 3.65. The molecule has 1 heterocycles. The van der Waals surface area contributed by atoms with Crippen LogP contribution in [0.25, 0.3) is 22.2 Å². The Morgan fingerprint density at radius 2 is 1.90 bits per heavy atom. The molecule has 4 rings (SSSR count). The number of para-hydroxylation sites is 1. The molecule has 0 atom stereocenters. The molecule has 3 aromatic carbocycles. The smallest absolute Gasteiger partial charge is 0.337 e. The van der Waals surface area contributed by atoms with Gasteiger partial charge in [-0.3, -0.25) is 4.57 Å². The number of ether oxygens (including phenoxy) is 1. The van der Waals surface area contributed by atoms with Crippen LogP contribution in [0.1, 0.15) is 28.4 Å². The van der Waals surface area contributed by atoms with Crippen LogP contribution in [0.4, 0.5) is 0 Å². The summed E-state index contributed by atoms with van der Waals surface area (Å²) < 4.78 is 7.51. The normalized spacial score (nSPS) is 11.3. The Bertz CT molecular complexity index is 1260. The van der Waals surface area contributed by atoms with Crippen LogP contribution in [0.5, 0.6) is 6.01 Å². The van der Waals surface area contributed by atoms with E-state index in [1.165, 1.54) is 0 Å². The lowest BCUT2D eigenvalue weighted by molar-refractivity contribution is 0.0698. The van der Waals surface area contributed by atoms with Gasteiger partial charge in [0.05, 0.1) is 36.0 Å². The maximum atomic E-state index is 11.8. The second kappa shape index (κ2) is 8.71. The third kappa shape index (κ3) is 3.98. The summed E-state index contributed by atoms with van der Waals surface area (Å²) in [6.45, 7) is 2.74. The number of hydrazone groups is 1. The monoisotopic (exact) mass is 414 g/mol. The van der Waals surface area contributed by atoms with Crippen molar-refractivity contribution < 1.29 is 14.6 Å². The fourth-order valence-corrected chi connectivity index (χ4v) is 3.65. The number of carboxylic acids is 1. The molecule has 0 aliphatic rings. The van der Waals surface area contributed by atoms with Crippen LogP contribution in [-0.2, 0) is 6.54 Å². The molecule has 0 unspecified atom stereocenters. The lowest BCUT2D eigenvalue weighted by Gasteiger charge is -2.12. The van der Waals surface area contributed by atoms with Crippen molar-refractivity contribution in [3.63, 3.8) is 0 Å². The first-order valence-corrected chi connectivity index (χ1v) is 9.89. The standard InChI is InChI=1S/C24H22N4O3/c1-2-31-24-27-21-9-5-8-20(23(29)30)22(21)28(24)15-16-10-12-17(13-11-16)19-7-4-3-6-18(19)14-26-25/h3-14H,2,15,25H2,1H3,(H,29,30). The van der Waals surface area contributed by atoms with E-state index in [9.17, 15) is 9.90 Å². The Labute approximate surface area is 179 Å². The van der Waals surface area contributed by atoms with Crippen LogP contribution >= 0.6 is 0 Å². The Morgan fingerprint density at radius 1 is 1.13 bits per heavy atom. The lowest BCUT2D eigenvalue weighted by Crippen LogP contribution is -2.08. The number of hydrogen-bond acceptors (Lipinski definition) is 5. The molecule has 0 radical (unpaired) electrons. The van der Waals surface area contributed by atoms with Crippen molar-refractivity contribution in [2.45, 2.75) is 13.5 Å². The average Bonchev–Trinajstić information content (AvgIpc) is 3.12. The fraction of sp³-hybridized carbons (Fsp3) is 0.125. The summed E-state index contributed by atoms with van der Waals surface area (Å²) in [6.07, 6.45) is 1.63. The van der Waals surface area contributed by atoms with E-state index in [0.717, 1.165) is 22.3 Å². The first-order valence-electron chi connectivity index (χ1n) is 9.89. The van der Waals surface area contributed by atoms with Gasteiger partial charge >= 0.3 is 5.97 Å². The minimum Gasteiger partial charge on any atom is -0.478 e. The zero-order valence-corrected chi connectivity index (χ0v) is 17.0. The molecule has 0 spiro atoms. The van der Waals surface area contributed by atoms with Gasteiger partial charge < -0.3 is 15.7 Å². The molecule has 0 aliphatic heterocycles. The van der Waals surface area contributed by atoms with E-state index in [2.05, 4.69) is 10.1 Å². The average molecular weight is 414 g/mol. The van der Waals surface area contributed by atoms with Gasteiger partial charge in [-0.2, -0.15) is 10.1 Å². The van der Waals surface area contributed by atoms with Crippen molar-refractivity contribution in [3.05, 3.63) is 83.4 Å². The third-order valence-corrected chi connectivity index (χ3v) is 5.02. The van der Waals surface area contributed by atoms with E-state index in [0.29, 0.717) is 30.2 Å². The van der Waals surface area contributed by atoms with Crippen molar-refractivity contribution >= 4 is 23.2 Å². The number of aromatic carboxylic acids is 1. The largest absolute Gasteiger partial charge is 0.478 e. The highest BCUT2D eigenvalue weighted by Crippen LogP contribution is 2.28. The number of aromatic nitrogens is 2. The van der Waals surface area contributed by atoms with E-state index >= 15 is 0 Å². The number of carboxylic acid groups (broad SMARTS) is 1. The Balaban J connectivity index is 1.73. The molecule has 0 bridgehead atoms. The second-order valence-corrected chi connectivity index (χ2v) is 6.95. The third-order valence-electron chi connectivity index (χ3n) is 5.02. The van der Waals surface area contributed by atoms with E-state index < -0.39 is 5.97 Å². The van der Waals surface area contributed by atoms with Gasteiger partial charge in [-0.05, 0) is 35.7 Å². The molecule has 0 saturated carbocycles. The molecule has 0 aliphatic carbocycles. The molecule has 7 nitrogen and oxygen atoms in total. The maximum Gasteiger partial charge on any atom is 0.337 e. The highest BCUT2D eigenvalue weighted by molar-refractivity contribution is 6.01. The summed E-state index contributed by atoms with van der Waals surface area (Å²) in [6, 6.07) is 21.4. The summed E-state index contributed by atoms with van der Waals surface area (Å²) in [5.74, 6) is 4.34. The summed E-state index contributed by atoms with van der Waals surface area (Å²) >= 11 is 0. The zero-order chi connectivity index (χ0) is 21.8. The van der Waals surface area contributed by atoms with Gasteiger partial charge in [0.15, 0.2) is 0 Å². The second-order valence-electron chi connectivity index (χ2n) is 6.95. The molecule has 0 fully saturated rings. The summed E-state index contributed by atoms with van der Waals surface area (Å²) in [4.78, 5) is 16.3. The van der Waals surface area contributed by atoms with E-state index in [1.807, 2.05) is 60.0 Å². The number of benzene rings is 3. The molecule has 0 saturated heterocycles. The topological polar surface area (TPSA) is 103 Å². The van der Waals surface area contributed by atoms with Gasteiger partial charge in [0, 0.05) is 5.56 Å². The number of hydrogen-bond donors (Lipinski definition) is 2. The van der Waals surface area contributed by atoms with Crippen molar-refractivity contribution in [1.29, 1.82) is 0 Å². The molecular weight excluding hydrogens is 392 g/mol. The van der Waals surface area contributed by atoms with Crippen LogP contribution in [-0.4, -0.2) is 33.4 Å². The quantitative estimate of drug-likeness (QED) is 0.269. The number of nitrogens with two attached hydrogens (primary N) is 1. The van der Waals surface area contributed by atoms with Gasteiger partial charge in [-0.15, -0.1) is 0 Å². The van der Waals surface area contributed by atoms with E-state index in [4.69, 9.17) is 10.6 Å². The van der Waals surface area contributed by atoms with Gasteiger partial charge in [-0.1, -0.05) is 54.6 Å². The number of fused-ring (bicyclic) bond motifs is 1. The van der Waals surface area contributed by atoms with Crippen molar-refractivity contribution in [3.8, 4) is 17.1 Å².